The lowest BCUT2D eigenvalue weighted by Crippen LogP contribution is -2.35. The van der Waals surface area contributed by atoms with Crippen molar-refractivity contribution in [2.75, 3.05) is 5.32 Å². The van der Waals surface area contributed by atoms with Crippen molar-refractivity contribution in [1.29, 1.82) is 0 Å². The summed E-state index contributed by atoms with van der Waals surface area (Å²) in [4.78, 5) is 22.8. The minimum atomic E-state index is -0.614. The Bertz CT molecular complexity index is 452. The number of anilines is 1. The molecule has 1 aromatic rings. The van der Waals surface area contributed by atoms with E-state index in [0.717, 1.165) is 12.8 Å². The van der Waals surface area contributed by atoms with Crippen molar-refractivity contribution in [3.05, 3.63) is 28.2 Å². The second-order valence-electron chi connectivity index (χ2n) is 3.81. The van der Waals surface area contributed by atoms with Gasteiger partial charge in [0, 0.05) is 5.92 Å². The van der Waals surface area contributed by atoms with Crippen LogP contribution in [0.25, 0.3) is 0 Å². The van der Waals surface area contributed by atoms with Crippen molar-refractivity contribution in [3.8, 4) is 0 Å². The number of hydrogen-bond donors (Lipinski definition) is 2. The average molecular weight is 273 g/mol. The summed E-state index contributed by atoms with van der Waals surface area (Å²) in [7, 11) is 0. The van der Waals surface area contributed by atoms with Gasteiger partial charge in [-0.1, -0.05) is 29.3 Å². The fourth-order valence-electron chi connectivity index (χ4n) is 1.32. The third-order valence-corrected chi connectivity index (χ3v) is 3.02. The van der Waals surface area contributed by atoms with Crippen molar-refractivity contribution in [3.63, 3.8) is 0 Å². The number of hydrogen-bond acceptors (Lipinski definition) is 2. The summed E-state index contributed by atoms with van der Waals surface area (Å²) in [5.41, 5.74) is 0.303. The van der Waals surface area contributed by atoms with Gasteiger partial charge in [-0.25, -0.2) is 4.79 Å². The predicted octanol–water partition coefficient (Wildman–Crippen LogP) is 3.05. The van der Waals surface area contributed by atoms with E-state index >= 15 is 0 Å². The van der Waals surface area contributed by atoms with Crippen molar-refractivity contribution in [2.24, 2.45) is 5.92 Å². The van der Waals surface area contributed by atoms with Gasteiger partial charge in [-0.15, -0.1) is 0 Å². The molecule has 1 aromatic carbocycles. The minimum Gasteiger partial charge on any atom is -0.305 e. The molecule has 0 heterocycles. The van der Waals surface area contributed by atoms with E-state index in [1.165, 1.54) is 0 Å². The van der Waals surface area contributed by atoms with Gasteiger partial charge in [0.15, 0.2) is 0 Å². The van der Waals surface area contributed by atoms with Crippen LogP contribution in [0.1, 0.15) is 12.8 Å². The zero-order valence-corrected chi connectivity index (χ0v) is 10.3. The van der Waals surface area contributed by atoms with Gasteiger partial charge in [0.05, 0.1) is 15.7 Å². The highest BCUT2D eigenvalue weighted by atomic mass is 35.5. The highest BCUT2D eigenvalue weighted by Gasteiger charge is 2.30. The number of amides is 3. The molecule has 0 bridgehead atoms. The Morgan fingerprint density at radius 3 is 2.29 bits per heavy atom. The Balaban J connectivity index is 2.00. The molecule has 0 unspecified atom stereocenters. The van der Waals surface area contributed by atoms with E-state index in [1.807, 2.05) is 0 Å². The topological polar surface area (TPSA) is 58.2 Å². The maximum atomic E-state index is 11.5. The molecule has 0 aromatic heterocycles. The van der Waals surface area contributed by atoms with Gasteiger partial charge in [0.1, 0.15) is 0 Å². The molecule has 0 atom stereocenters. The molecule has 0 aliphatic heterocycles. The quantitative estimate of drug-likeness (QED) is 0.870. The molecular formula is C11H10Cl2N2O2. The van der Waals surface area contributed by atoms with E-state index in [9.17, 15) is 9.59 Å². The molecule has 4 nitrogen and oxygen atoms in total. The minimum absolute atomic E-state index is 0.0255. The number of carbonyl (C=O) groups is 2. The van der Waals surface area contributed by atoms with E-state index in [0.29, 0.717) is 15.7 Å². The summed E-state index contributed by atoms with van der Waals surface area (Å²) in [6.07, 6.45) is 1.68. The molecule has 17 heavy (non-hydrogen) atoms. The van der Waals surface area contributed by atoms with Crippen LogP contribution in [0.3, 0.4) is 0 Å². The monoisotopic (exact) mass is 272 g/mol. The van der Waals surface area contributed by atoms with Crippen LogP contribution in [0.5, 0.6) is 0 Å². The normalized spacial score (nSPS) is 14.2. The van der Waals surface area contributed by atoms with E-state index in [1.54, 1.807) is 18.2 Å². The summed E-state index contributed by atoms with van der Waals surface area (Å²) in [6, 6.07) is 4.26. The fourth-order valence-corrected chi connectivity index (χ4v) is 1.81. The van der Waals surface area contributed by atoms with Gasteiger partial charge in [-0.05, 0) is 25.0 Å². The molecule has 3 amide bonds. The lowest BCUT2D eigenvalue weighted by Gasteiger charge is -2.09. The van der Waals surface area contributed by atoms with E-state index in [4.69, 9.17) is 23.2 Å². The summed E-state index contributed by atoms with van der Waals surface area (Å²) in [5.74, 6) is -0.284. The van der Waals surface area contributed by atoms with Crippen LogP contribution in [0, 0.1) is 5.92 Å². The number of imide groups is 1. The standard InChI is InChI=1S/C11H10Cl2N2O2/c12-7-2-1-3-8(13)9(7)14-11(17)15-10(16)6-4-5-6/h1-3,6H,4-5H2,(H2,14,15,16,17). The van der Waals surface area contributed by atoms with Crippen molar-refractivity contribution >= 4 is 40.8 Å². The fraction of sp³-hybridized carbons (Fsp3) is 0.273. The molecule has 0 spiro atoms. The first-order valence-corrected chi connectivity index (χ1v) is 5.89. The van der Waals surface area contributed by atoms with Crippen molar-refractivity contribution in [2.45, 2.75) is 12.8 Å². The van der Waals surface area contributed by atoms with Crippen LogP contribution < -0.4 is 10.6 Å². The summed E-state index contributed by atoms with van der Waals surface area (Å²) in [6.45, 7) is 0. The smallest absolute Gasteiger partial charge is 0.305 e. The number of rotatable bonds is 2. The predicted molar refractivity (Wildman–Crippen MR) is 66.3 cm³/mol. The summed E-state index contributed by atoms with van der Waals surface area (Å²) < 4.78 is 0. The first kappa shape index (κ1) is 12.2. The van der Waals surface area contributed by atoms with Gasteiger partial charge in [0.2, 0.25) is 5.91 Å². The van der Waals surface area contributed by atoms with Crippen molar-refractivity contribution < 1.29 is 9.59 Å². The molecule has 1 fully saturated rings. The highest BCUT2D eigenvalue weighted by molar-refractivity contribution is 6.39. The van der Waals surface area contributed by atoms with Crippen LogP contribution in [0.4, 0.5) is 10.5 Å². The maximum Gasteiger partial charge on any atom is 0.325 e. The van der Waals surface area contributed by atoms with Gasteiger partial charge in [-0.3, -0.25) is 10.1 Å². The van der Waals surface area contributed by atoms with Gasteiger partial charge in [0.25, 0.3) is 0 Å². The lowest BCUT2D eigenvalue weighted by molar-refractivity contribution is -0.121. The highest BCUT2D eigenvalue weighted by Crippen LogP contribution is 2.30. The molecular weight excluding hydrogens is 263 g/mol. The number of para-hydroxylation sites is 1. The zero-order valence-electron chi connectivity index (χ0n) is 8.80. The number of halogens is 2. The van der Waals surface area contributed by atoms with Gasteiger partial charge < -0.3 is 5.32 Å². The van der Waals surface area contributed by atoms with Crippen LogP contribution in [0.15, 0.2) is 18.2 Å². The molecule has 90 valence electrons. The zero-order chi connectivity index (χ0) is 12.4. The average Bonchev–Trinajstić information content (AvgIpc) is 3.07. The molecule has 1 aliphatic rings. The first-order chi connectivity index (χ1) is 8.08. The second kappa shape index (κ2) is 4.94. The molecule has 6 heteroatoms. The Labute approximate surface area is 108 Å². The van der Waals surface area contributed by atoms with Crippen LogP contribution in [-0.2, 0) is 4.79 Å². The van der Waals surface area contributed by atoms with Crippen LogP contribution in [-0.4, -0.2) is 11.9 Å². The maximum absolute atomic E-state index is 11.5. The third kappa shape index (κ3) is 3.11. The molecule has 0 radical (unpaired) electrons. The molecule has 1 aliphatic carbocycles. The van der Waals surface area contributed by atoms with Crippen LogP contribution in [0.2, 0.25) is 10.0 Å². The summed E-state index contributed by atoms with van der Waals surface area (Å²) in [5, 5.41) is 5.35. The number of nitrogens with one attached hydrogen (secondary N) is 2. The Morgan fingerprint density at radius 2 is 1.76 bits per heavy atom. The SMILES string of the molecule is O=C(NC(=O)C1CC1)Nc1c(Cl)cccc1Cl. The Morgan fingerprint density at radius 1 is 1.18 bits per heavy atom. The van der Waals surface area contributed by atoms with Crippen LogP contribution >= 0.6 is 23.2 Å². The lowest BCUT2D eigenvalue weighted by atomic mass is 10.3. The number of urea groups is 1. The van der Waals surface area contributed by atoms with E-state index in [-0.39, 0.29) is 11.8 Å². The number of carbonyl (C=O) groups excluding carboxylic acids is 2. The molecule has 2 N–H and O–H groups in total. The largest absolute Gasteiger partial charge is 0.325 e. The van der Waals surface area contributed by atoms with Gasteiger partial charge in [-0.2, -0.15) is 0 Å². The van der Waals surface area contributed by atoms with E-state index in [2.05, 4.69) is 10.6 Å². The van der Waals surface area contributed by atoms with Crippen molar-refractivity contribution in [1.82, 2.24) is 5.32 Å². The summed E-state index contributed by atoms with van der Waals surface area (Å²) >= 11 is 11.7. The third-order valence-electron chi connectivity index (χ3n) is 2.39. The van der Waals surface area contributed by atoms with Gasteiger partial charge >= 0.3 is 6.03 Å². The Kier molecular flexibility index (Phi) is 3.54. The van der Waals surface area contributed by atoms with E-state index < -0.39 is 6.03 Å². The number of benzene rings is 1. The molecule has 2 rings (SSSR count). The Hall–Kier alpha value is -1.26. The first-order valence-electron chi connectivity index (χ1n) is 5.14. The molecule has 1 saturated carbocycles. The molecule has 0 saturated heterocycles. The second-order valence-corrected chi connectivity index (χ2v) is 4.63.